The summed E-state index contributed by atoms with van der Waals surface area (Å²) in [6, 6.07) is 23.0. The number of para-hydroxylation sites is 2. The molecule has 13 heteroatoms. The number of carboxylic acid groups (broad SMARTS) is 1. The number of carboxylic acids is 1. The maximum Gasteiger partial charge on any atom is 0.472 e. The summed E-state index contributed by atoms with van der Waals surface area (Å²) in [7, 11) is -3.33. The molecule has 12 nitrogen and oxygen atoms in total. The van der Waals surface area contributed by atoms with Crippen LogP contribution < -0.4 is 15.2 Å². The zero-order chi connectivity index (χ0) is 32.0. The summed E-state index contributed by atoms with van der Waals surface area (Å²) in [5.41, 5.74) is 7.03. The smallest absolute Gasteiger partial charge is 0.472 e. The molecule has 4 N–H and O–H groups in total. The molecule has 0 radical (unpaired) electrons. The molecular weight excluding hydrogens is 593 g/mol. The van der Waals surface area contributed by atoms with E-state index in [1.807, 2.05) is 78.9 Å². The summed E-state index contributed by atoms with van der Waals surface area (Å²) in [5, 5.41) is 8.81. The molecule has 0 amide bonds. The second-order valence-electron chi connectivity index (χ2n) is 9.68. The second-order valence-corrected chi connectivity index (χ2v) is 11.1. The van der Waals surface area contributed by atoms with Crippen LogP contribution in [-0.4, -0.2) is 60.5 Å². The Morgan fingerprint density at radius 3 is 2.34 bits per heavy atom. The van der Waals surface area contributed by atoms with Gasteiger partial charge in [-0.1, -0.05) is 55.5 Å². The largest absolute Gasteiger partial charge is 0.489 e. The number of phosphoric acid groups is 1. The molecule has 2 unspecified atom stereocenters. The standard InChI is InChI=1S/C31H38NO11P/c1-3-27(43-44(36,37)41-20-26(32)31(34)35)29(38-2)21-40-30(33)17-16-23-11-7-8-15-28(23)39-19-22-10-9-14-25(18-22)42-24-12-5-4-6-13-24/h4-15,18,26-27,29H,3,16-17,19-21,32H2,1-2H3,(H,34,35)(H,36,37)/t26-,27-,29?/m0/s1. The Hall–Kier alpha value is -3.77. The van der Waals surface area contributed by atoms with E-state index < -0.39 is 44.6 Å². The zero-order valence-electron chi connectivity index (χ0n) is 24.6. The monoisotopic (exact) mass is 631 g/mol. The zero-order valence-corrected chi connectivity index (χ0v) is 25.5. The first-order valence-electron chi connectivity index (χ1n) is 13.9. The number of methoxy groups -OCH3 is 1. The normalized spacial score (nSPS) is 14.5. The van der Waals surface area contributed by atoms with Gasteiger partial charge in [0.1, 0.15) is 42.6 Å². The molecule has 3 aromatic rings. The molecule has 44 heavy (non-hydrogen) atoms. The average Bonchev–Trinajstić information content (AvgIpc) is 3.02. The molecule has 0 aliphatic carbocycles. The van der Waals surface area contributed by atoms with Gasteiger partial charge in [-0.25, -0.2) is 4.57 Å². The first-order valence-corrected chi connectivity index (χ1v) is 15.4. The summed E-state index contributed by atoms with van der Waals surface area (Å²) < 4.78 is 44.8. The lowest BCUT2D eigenvalue weighted by Crippen LogP contribution is -2.36. The van der Waals surface area contributed by atoms with Gasteiger partial charge in [0.05, 0.1) is 12.7 Å². The molecule has 0 fully saturated rings. The Balaban J connectivity index is 1.49. The van der Waals surface area contributed by atoms with E-state index >= 15 is 0 Å². The molecule has 4 atom stereocenters. The fourth-order valence-corrected chi connectivity index (χ4v) is 5.04. The van der Waals surface area contributed by atoms with Crippen LogP contribution in [-0.2, 0) is 45.7 Å². The van der Waals surface area contributed by atoms with Gasteiger partial charge in [-0.2, -0.15) is 0 Å². The van der Waals surface area contributed by atoms with E-state index in [9.17, 15) is 19.0 Å². The molecule has 0 heterocycles. The number of aryl methyl sites for hydroxylation is 1. The van der Waals surface area contributed by atoms with Crippen molar-refractivity contribution in [1.29, 1.82) is 0 Å². The second kappa shape index (κ2) is 17.5. The third-order valence-electron chi connectivity index (χ3n) is 6.37. The Bertz CT molecular complexity index is 1390. The molecule has 0 aromatic heterocycles. The first kappa shape index (κ1) is 34.7. The summed E-state index contributed by atoms with van der Waals surface area (Å²) >= 11 is 0. The van der Waals surface area contributed by atoms with Crippen LogP contribution in [0.5, 0.6) is 17.2 Å². The number of benzene rings is 3. The highest BCUT2D eigenvalue weighted by Gasteiger charge is 2.33. The van der Waals surface area contributed by atoms with Crippen LogP contribution in [0.15, 0.2) is 78.9 Å². The SMILES string of the molecule is CC[C@H](OP(=O)(O)OC[C@H](N)C(=O)O)C(COC(=O)CCc1ccccc1OCc1cccc(Oc2ccccc2)c1)OC. The number of carbonyl (C=O) groups is 2. The van der Waals surface area contributed by atoms with E-state index in [-0.39, 0.29) is 19.4 Å². The van der Waals surface area contributed by atoms with Crippen molar-refractivity contribution in [2.45, 2.75) is 51.0 Å². The molecule has 0 spiro atoms. The van der Waals surface area contributed by atoms with Crippen LogP contribution in [0.3, 0.4) is 0 Å². The molecule has 0 aliphatic heterocycles. The van der Waals surface area contributed by atoms with Crippen LogP contribution in [0.1, 0.15) is 30.9 Å². The number of phosphoric ester groups is 1. The first-order chi connectivity index (χ1) is 21.1. The third-order valence-corrected chi connectivity index (χ3v) is 7.39. The van der Waals surface area contributed by atoms with Gasteiger partial charge in [0, 0.05) is 13.5 Å². The summed E-state index contributed by atoms with van der Waals surface area (Å²) in [5.74, 6) is 0.143. The van der Waals surface area contributed by atoms with Gasteiger partial charge in [0.15, 0.2) is 0 Å². The van der Waals surface area contributed by atoms with Gasteiger partial charge in [0.2, 0.25) is 0 Å². The summed E-state index contributed by atoms with van der Waals surface area (Å²) in [6.45, 7) is 0.988. The van der Waals surface area contributed by atoms with Crippen molar-refractivity contribution in [3.8, 4) is 17.2 Å². The van der Waals surface area contributed by atoms with Gasteiger partial charge in [-0.15, -0.1) is 0 Å². The van der Waals surface area contributed by atoms with E-state index in [1.165, 1.54) is 7.11 Å². The number of hydrogen-bond acceptors (Lipinski definition) is 10. The highest BCUT2D eigenvalue weighted by molar-refractivity contribution is 7.47. The number of hydrogen-bond donors (Lipinski definition) is 3. The third kappa shape index (κ3) is 11.7. The van der Waals surface area contributed by atoms with Crippen molar-refractivity contribution in [3.63, 3.8) is 0 Å². The van der Waals surface area contributed by atoms with Crippen LogP contribution in [0.25, 0.3) is 0 Å². The lowest BCUT2D eigenvalue weighted by atomic mass is 10.1. The molecule has 0 aliphatic rings. The van der Waals surface area contributed by atoms with Gasteiger partial charge in [-0.05, 0) is 54.3 Å². The predicted octanol–water partition coefficient (Wildman–Crippen LogP) is 4.87. The van der Waals surface area contributed by atoms with Gasteiger partial charge < -0.3 is 34.7 Å². The molecule has 0 bridgehead atoms. The molecule has 238 valence electrons. The quantitative estimate of drug-likeness (QED) is 0.121. The van der Waals surface area contributed by atoms with Crippen molar-refractivity contribution in [1.82, 2.24) is 0 Å². The minimum absolute atomic E-state index is 0.0452. The van der Waals surface area contributed by atoms with Crippen molar-refractivity contribution in [3.05, 3.63) is 90.0 Å². The predicted molar refractivity (Wildman–Crippen MR) is 160 cm³/mol. The van der Waals surface area contributed by atoms with Crippen LogP contribution in [0.2, 0.25) is 0 Å². The molecule has 0 saturated carbocycles. The van der Waals surface area contributed by atoms with Crippen LogP contribution in [0.4, 0.5) is 0 Å². The Morgan fingerprint density at radius 1 is 0.932 bits per heavy atom. The minimum atomic E-state index is -4.66. The van der Waals surface area contributed by atoms with Crippen molar-refractivity contribution >= 4 is 19.8 Å². The molecule has 0 saturated heterocycles. The Labute approximate surface area is 256 Å². The van der Waals surface area contributed by atoms with Gasteiger partial charge in [-0.3, -0.25) is 18.6 Å². The average molecular weight is 632 g/mol. The number of ether oxygens (including phenoxy) is 4. The maximum atomic E-state index is 12.6. The lowest BCUT2D eigenvalue weighted by molar-refractivity contribution is -0.150. The Morgan fingerprint density at radius 2 is 1.64 bits per heavy atom. The van der Waals surface area contributed by atoms with E-state index in [1.54, 1.807) is 6.92 Å². The Kier molecular flexibility index (Phi) is 13.8. The highest BCUT2D eigenvalue weighted by Crippen LogP contribution is 2.45. The van der Waals surface area contributed by atoms with Gasteiger partial charge in [0.25, 0.3) is 0 Å². The van der Waals surface area contributed by atoms with E-state index in [0.29, 0.717) is 24.5 Å². The summed E-state index contributed by atoms with van der Waals surface area (Å²) in [6.07, 6.45) is -1.28. The summed E-state index contributed by atoms with van der Waals surface area (Å²) in [4.78, 5) is 33.4. The maximum absolute atomic E-state index is 12.6. The van der Waals surface area contributed by atoms with Crippen molar-refractivity contribution in [2.24, 2.45) is 5.73 Å². The fourth-order valence-electron chi connectivity index (χ4n) is 4.00. The van der Waals surface area contributed by atoms with E-state index in [4.69, 9.17) is 34.3 Å². The van der Waals surface area contributed by atoms with E-state index in [2.05, 4.69) is 4.52 Å². The van der Waals surface area contributed by atoms with Crippen molar-refractivity contribution in [2.75, 3.05) is 20.3 Å². The topological polar surface area (TPSA) is 173 Å². The molecule has 3 rings (SSSR count). The number of esters is 1. The molecule has 3 aromatic carbocycles. The number of aliphatic carboxylic acids is 1. The van der Waals surface area contributed by atoms with Crippen LogP contribution >= 0.6 is 7.82 Å². The number of nitrogens with two attached hydrogens (primary N) is 1. The van der Waals surface area contributed by atoms with Crippen LogP contribution in [0, 0.1) is 0 Å². The molecular formula is C31H38NO11P. The number of rotatable bonds is 19. The van der Waals surface area contributed by atoms with Crippen molar-refractivity contribution < 1.29 is 52.1 Å². The van der Waals surface area contributed by atoms with E-state index in [0.717, 1.165) is 16.9 Å². The highest BCUT2D eigenvalue weighted by atomic mass is 31.2. The lowest BCUT2D eigenvalue weighted by Gasteiger charge is -2.26. The van der Waals surface area contributed by atoms with Gasteiger partial charge >= 0.3 is 19.8 Å². The number of carbonyl (C=O) groups excluding carboxylic acids is 1. The fraction of sp³-hybridized carbons (Fsp3) is 0.355. The minimum Gasteiger partial charge on any atom is -0.489 e.